The number of aromatic nitrogens is 1. The molecule has 7 heteroatoms. The Morgan fingerprint density at radius 3 is 2.58 bits per heavy atom. The first kappa shape index (κ1) is 19.4. The van der Waals surface area contributed by atoms with Gasteiger partial charge in [0, 0.05) is 40.1 Å². The number of methoxy groups -OCH3 is 1. The van der Waals surface area contributed by atoms with Crippen LogP contribution in [0.1, 0.15) is 37.8 Å². The number of nitrogens with zero attached hydrogens (tertiary/aromatic N) is 2. The molecule has 0 aliphatic heterocycles. The van der Waals surface area contributed by atoms with E-state index in [1.165, 1.54) is 25.7 Å². The maximum atomic E-state index is 6.11. The fraction of sp³-hybridized carbons (Fsp3) is 0.706. The molecule has 1 aliphatic rings. The van der Waals surface area contributed by atoms with Crippen molar-refractivity contribution in [2.45, 2.75) is 38.6 Å². The highest BCUT2D eigenvalue weighted by Crippen LogP contribution is 2.40. The Bertz CT molecular complexity index is 565. The van der Waals surface area contributed by atoms with Crippen molar-refractivity contribution in [2.75, 3.05) is 27.3 Å². The maximum absolute atomic E-state index is 6.11. The Morgan fingerprint density at radius 1 is 1.33 bits per heavy atom. The fourth-order valence-electron chi connectivity index (χ4n) is 3.38. The van der Waals surface area contributed by atoms with Gasteiger partial charge in [0.05, 0.1) is 11.6 Å². The average Bonchev–Trinajstić information content (AvgIpc) is 3.15. The monoisotopic (exact) mass is 374 g/mol. The van der Waals surface area contributed by atoms with Gasteiger partial charge in [0.1, 0.15) is 5.15 Å². The minimum atomic E-state index is 0.325. The van der Waals surface area contributed by atoms with Crippen molar-refractivity contribution in [3.63, 3.8) is 0 Å². The van der Waals surface area contributed by atoms with Gasteiger partial charge < -0.3 is 19.9 Å². The highest BCUT2D eigenvalue weighted by molar-refractivity contribution is 6.41. The number of halogens is 2. The normalized spacial score (nSPS) is 17.3. The number of hydrogen-bond donors (Lipinski definition) is 2. The Labute approximate surface area is 154 Å². The molecule has 1 heterocycles. The van der Waals surface area contributed by atoms with Crippen LogP contribution in [0.5, 0.6) is 0 Å². The van der Waals surface area contributed by atoms with Crippen LogP contribution >= 0.6 is 23.2 Å². The Hall–Kier alpha value is -0.910. The minimum Gasteiger partial charge on any atom is -0.385 e. The predicted octanol–water partition coefficient (Wildman–Crippen LogP) is 3.59. The van der Waals surface area contributed by atoms with Crippen LogP contribution in [-0.2, 0) is 18.3 Å². The van der Waals surface area contributed by atoms with E-state index in [-0.39, 0.29) is 0 Å². The van der Waals surface area contributed by atoms with Crippen LogP contribution < -0.4 is 10.6 Å². The van der Waals surface area contributed by atoms with Crippen molar-refractivity contribution in [1.82, 2.24) is 15.2 Å². The van der Waals surface area contributed by atoms with Gasteiger partial charge in [-0.15, -0.1) is 0 Å². The molecular weight excluding hydrogens is 347 g/mol. The molecule has 0 aromatic carbocycles. The summed E-state index contributed by atoms with van der Waals surface area (Å²) in [7, 11) is 5.46. The molecule has 136 valence electrons. The van der Waals surface area contributed by atoms with Crippen LogP contribution in [0.15, 0.2) is 11.1 Å². The molecule has 0 saturated heterocycles. The zero-order valence-corrected chi connectivity index (χ0v) is 16.3. The second-order valence-electron chi connectivity index (χ2n) is 6.56. The summed E-state index contributed by atoms with van der Waals surface area (Å²) in [4.78, 5) is 4.32. The Kier molecular flexibility index (Phi) is 7.26. The van der Waals surface area contributed by atoms with Crippen molar-refractivity contribution in [1.29, 1.82) is 0 Å². The fourth-order valence-corrected chi connectivity index (χ4v) is 3.80. The summed E-state index contributed by atoms with van der Waals surface area (Å²) in [6.45, 7) is 2.35. The molecule has 2 rings (SSSR count). The summed E-state index contributed by atoms with van der Waals surface area (Å²) in [5.41, 5.74) is 1.34. The van der Waals surface area contributed by atoms with Gasteiger partial charge in [0.2, 0.25) is 0 Å². The van der Waals surface area contributed by atoms with E-state index in [1.54, 1.807) is 14.2 Å². The van der Waals surface area contributed by atoms with Gasteiger partial charge in [0.15, 0.2) is 5.96 Å². The van der Waals surface area contributed by atoms with Gasteiger partial charge >= 0.3 is 0 Å². The van der Waals surface area contributed by atoms with Gasteiger partial charge in [-0.25, -0.2) is 0 Å². The topological polar surface area (TPSA) is 50.6 Å². The van der Waals surface area contributed by atoms with Crippen LogP contribution in [0.4, 0.5) is 0 Å². The van der Waals surface area contributed by atoms with E-state index in [0.29, 0.717) is 22.1 Å². The quantitative estimate of drug-likeness (QED) is 0.566. The van der Waals surface area contributed by atoms with E-state index in [0.717, 1.165) is 31.2 Å². The molecule has 0 atom stereocenters. The molecule has 5 nitrogen and oxygen atoms in total. The third kappa shape index (κ3) is 4.80. The van der Waals surface area contributed by atoms with Crippen LogP contribution in [0.25, 0.3) is 0 Å². The SMILES string of the molecule is CN=C(NCc1cc(Cl)c(Cl)n1C)NCC1(CCOC)CCCC1. The highest BCUT2D eigenvalue weighted by atomic mass is 35.5. The first-order valence-electron chi connectivity index (χ1n) is 8.44. The largest absolute Gasteiger partial charge is 0.385 e. The third-order valence-corrected chi connectivity index (χ3v) is 5.85. The first-order chi connectivity index (χ1) is 11.5. The summed E-state index contributed by atoms with van der Waals surface area (Å²) in [6.07, 6.45) is 6.21. The lowest BCUT2D eigenvalue weighted by molar-refractivity contribution is 0.138. The van der Waals surface area contributed by atoms with Crippen LogP contribution in [-0.4, -0.2) is 37.8 Å². The molecule has 0 unspecified atom stereocenters. The molecule has 1 saturated carbocycles. The van der Waals surface area contributed by atoms with Crippen molar-refractivity contribution >= 4 is 29.2 Å². The van der Waals surface area contributed by atoms with Crippen LogP contribution in [0.3, 0.4) is 0 Å². The molecule has 2 N–H and O–H groups in total. The molecular formula is C17H28Cl2N4O. The summed E-state index contributed by atoms with van der Waals surface area (Å²) < 4.78 is 7.17. The van der Waals surface area contributed by atoms with E-state index in [4.69, 9.17) is 27.9 Å². The average molecular weight is 375 g/mol. The summed E-state index contributed by atoms with van der Waals surface area (Å²) in [5.74, 6) is 0.798. The zero-order valence-electron chi connectivity index (χ0n) is 14.8. The lowest BCUT2D eigenvalue weighted by atomic mass is 9.83. The van der Waals surface area contributed by atoms with Crippen molar-refractivity contribution in [3.05, 3.63) is 21.9 Å². The van der Waals surface area contributed by atoms with Gasteiger partial charge in [-0.2, -0.15) is 0 Å². The highest BCUT2D eigenvalue weighted by Gasteiger charge is 2.33. The van der Waals surface area contributed by atoms with Crippen molar-refractivity contribution in [2.24, 2.45) is 17.5 Å². The Morgan fingerprint density at radius 2 is 2.04 bits per heavy atom. The second kappa shape index (κ2) is 8.97. The number of rotatable bonds is 7. The van der Waals surface area contributed by atoms with Gasteiger partial charge in [-0.05, 0) is 30.7 Å². The molecule has 0 bridgehead atoms. The first-order valence-corrected chi connectivity index (χ1v) is 9.20. The number of aliphatic imine (C=N–C) groups is 1. The van der Waals surface area contributed by atoms with Crippen molar-refractivity contribution < 1.29 is 4.74 Å². The summed E-state index contributed by atoms with van der Waals surface area (Å²) in [5, 5.41) is 7.94. The number of hydrogen-bond acceptors (Lipinski definition) is 2. The van der Waals surface area contributed by atoms with E-state index < -0.39 is 0 Å². The van der Waals surface area contributed by atoms with E-state index in [9.17, 15) is 0 Å². The van der Waals surface area contributed by atoms with E-state index in [2.05, 4.69) is 15.6 Å². The third-order valence-electron chi connectivity index (χ3n) is 5.01. The summed E-state index contributed by atoms with van der Waals surface area (Å²) in [6, 6.07) is 1.88. The molecule has 1 aromatic heterocycles. The predicted molar refractivity (Wildman–Crippen MR) is 101 cm³/mol. The smallest absolute Gasteiger partial charge is 0.191 e. The lowest BCUT2D eigenvalue weighted by Gasteiger charge is -2.30. The van der Waals surface area contributed by atoms with Crippen LogP contribution in [0.2, 0.25) is 10.2 Å². The standard InChI is InChI=1S/C17H28Cl2N4O/c1-20-16(21-11-13-10-14(18)15(19)23(13)2)22-12-17(8-9-24-3)6-4-5-7-17/h10H,4-9,11-12H2,1-3H3,(H2,20,21,22). The molecule has 0 spiro atoms. The number of guanidine groups is 1. The minimum absolute atomic E-state index is 0.325. The number of nitrogens with one attached hydrogen (secondary N) is 2. The van der Waals surface area contributed by atoms with Gasteiger partial charge in [-0.3, -0.25) is 4.99 Å². The molecule has 1 aliphatic carbocycles. The Balaban J connectivity index is 1.88. The molecule has 0 amide bonds. The van der Waals surface area contributed by atoms with Crippen molar-refractivity contribution in [3.8, 4) is 0 Å². The van der Waals surface area contributed by atoms with Gasteiger partial charge in [-0.1, -0.05) is 36.0 Å². The molecule has 24 heavy (non-hydrogen) atoms. The molecule has 1 fully saturated rings. The van der Waals surface area contributed by atoms with E-state index in [1.807, 2.05) is 17.7 Å². The summed E-state index contributed by atoms with van der Waals surface area (Å²) >= 11 is 12.2. The molecule has 1 aromatic rings. The second-order valence-corrected chi connectivity index (χ2v) is 7.33. The van der Waals surface area contributed by atoms with Crippen LogP contribution in [0, 0.1) is 5.41 Å². The lowest BCUT2D eigenvalue weighted by Crippen LogP contribution is -2.43. The molecule has 0 radical (unpaired) electrons. The number of ether oxygens (including phenoxy) is 1. The maximum Gasteiger partial charge on any atom is 0.191 e. The van der Waals surface area contributed by atoms with Gasteiger partial charge in [0.25, 0.3) is 0 Å². The zero-order chi connectivity index (χ0) is 17.6. The van der Waals surface area contributed by atoms with E-state index >= 15 is 0 Å².